The Balaban J connectivity index is 1.89. The lowest BCUT2D eigenvalue weighted by atomic mass is 9.97. The van der Waals surface area contributed by atoms with Crippen LogP contribution in [0, 0.1) is 0 Å². The van der Waals surface area contributed by atoms with Crippen LogP contribution in [0.5, 0.6) is 5.75 Å². The summed E-state index contributed by atoms with van der Waals surface area (Å²) in [4.78, 5) is 0. The molecule has 2 heterocycles. The number of fused-ring (bicyclic) bond motifs is 1. The van der Waals surface area contributed by atoms with E-state index in [0.29, 0.717) is 6.04 Å². The maximum Gasteiger partial charge on any atom is 0.127 e. The van der Waals surface area contributed by atoms with Crippen LogP contribution in [0.2, 0.25) is 0 Å². The first kappa shape index (κ1) is 12.7. The van der Waals surface area contributed by atoms with Crippen LogP contribution in [0.1, 0.15) is 29.7 Å². The van der Waals surface area contributed by atoms with Crippen molar-refractivity contribution in [3.63, 3.8) is 0 Å². The summed E-state index contributed by atoms with van der Waals surface area (Å²) >= 11 is 1.76. The third-order valence-corrected chi connectivity index (χ3v) is 4.32. The van der Waals surface area contributed by atoms with Gasteiger partial charge in [-0.1, -0.05) is 25.1 Å². The Kier molecular flexibility index (Phi) is 3.85. The Bertz CT molecular complexity index is 536. The molecule has 1 unspecified atom stereocenters. The quantitative estimate of drug-likeness (QED) is 0.899. The van der Waals surface area contributed by atoms with E-state index in [0.717, 1.165) is 31.7 Å². The highest BCUT2D eigenvalue weighted by atomic mass is 32.1. The lowest BCUT2D eigenvalue weighted by Crippen LogP contribution is -2.23. The van der Waals surface area contributed by atoms with Crippen LogP contribution in [-0.4, -0.2) is 13.2 Å². The number of rotatable bonds is 5. The first-order chi connectivity index (χ1) is 9.38. The molecule has 1 aliphatic heterocycles. The van der Waals surface area contributed by atoms with Gasteiger partial charge in [-0.25, -0.2) is 0 Å². The van der Waals surface area contributed by atoms with Crippen LogP contribution >= 0.6 is 11.3 Å². The van der Waals surface area contributed by atoms with Crippen molar-refractivity contribution in [1.82, 2.24) is 5.32 Å². The van der Waals surface area contributed by atoms with Crippen LogP contribution in [0.3, 0.4) is 0 Å². The standard InChI is InChI=1S/C16H19NOS/c1-2-17-15(10-12-7-9-19-11-12)14-5-3-4-13-6-8-18-16(13)14/h3-5,7,9,11,15,17H,2,6,8,10H2,1H3. The van der Waals surface area contributed by atoms with Gasteiger partial charge in [-0.3, -0.25) is 0 Å². The van der Waals surface area contributed by atoms with Crippen molar-refractivity contribution in [3.8, 4) is 5.75 Å². The molecule has 2 aromatic rings. The molecule has 0 bridgehead atoms. The normalized spacial score (nSPS) is 15.0. The van der Waals surface area contributed by atoms with Gasteiger partial charge in [-0.05, 0) is 40.9 Å². The van der Waals surface area contributed by atoms with E-state index in [2.05, 4.69) is 47.3 Å². The number of ether oxygens (including phenoxy) is 1. The van der Waals surface area contributed by atoms with Gasteiger partial charge >= 0.3 is 0 Å². The summed E-state index contributed by atoms with van der Waals surface area (Å²) in [6, 6.07) is 9.08. The lowest BCUT2D eigenvalue weighted by Gasteiger charge is -2.20. The number of para-hydroxylation sites is 1. The van der Waals surface area contributed by atoms with Gasteiger partial charge in [0.1, 0.15) is 5.75 Å². The van der Waals surface area contributed by atoms with E-state index in [4.69, 9.17) is 4.74 Å². The summed E-state index contributed by atoms with van der Waals surface area (Å²) in [6.07, 6.45) is 2.07. The molecule has 0 amide bonds. The van der Waals surface area contributed by atoms with Crippen LogP contribution < -0.4 is 10.1 Å². The van der Waals surface area contributed by atoms with Gasteiger partial charge in [-0.2, -0.15) is 11.3 Å². The summed E-state index contributed by atoms with van der Waals surface area (Å²) < 4.78 is 5.84. The first-order valence-corrected chi connectivity index (χ1v) is 7.82. The Hall–Kier alpha value is -1.32. The van der Waals surface area contributed by atoms with Crippen molar-refractivity contribution in [2.24, 2.45) is 0 Å². The van der Waals surface area contributed by atoms with Crippen LogP contribution in [0.4, 0.5) is 0 Å². The predicted molar refractivity (Wildman–Crippen MR) is 80.1 cm³/mol. The maximum absolute atomic E-state index is 5.84. The minimum atomic E-state index is 0.340. The third-order valence-electron chi connectivity index (χ3n) is 3.59. The Morgan fingerprint density at radius 1 is 1.37 bits per heavy atom. The summed E-state index contributed by atoms with van der Waals surface area (Å²) in [5.74, 6) is 1.11. The molecule has 19 heavy (non-hydrogen) atoms. The number of thiophene rings is 1. The molecule has 0 spiro atoms. The predicted octanol–water partition coefficient (Wildman–Crippen LogP) is 3.58. The molecule has 0 fully saturated rings. The van der Waals surface area contributed by atoms with Crippen molar-refractivity contribution < 1.29 is 4.74 Å². The third kappa shape index (κ3) is 2.67. The molecule has 3 heteroatoms. The second kappa shape index (κ2) is 5.76. The molecule has 1 aromatic heterocycles. The van der Waals surface area contributed by atoms with Crippen molar-refractivity contribution in [1.29, 1.82) is 0 Å². The average Bonchev–Trinajstić information content (AvgIpc) is 3.08. The lowest BCUT2D eigenvalue weighted by molar-refractivity contribution is 0.348. The smallest absolute Gasteiger partial charge is 0.127 e. The minimum absolute atomic E-state index is 0.340. The van der Waals surface area contributed by atoms with Gasteiger partial charge in [0.15, 0.2) is 0 Å². The maximum atomic E-state index is 5.84. The van der Waals surface area contributed by atoms with E-state index in [1.807, 2.05) is 0 Å². The topological polar surface area (TPSA) is 21.3 Å². The molecule has 1 aliphatic rings. The summed E-state index contributed by atoms with van der Waals surface area (Å²) in [5.41, 5.74) is 4.06. The van der Waals surface area contributed by atoms with E-state index >= 15 is 0 Å². The van der Waals surface area contributed by atoms with Crippen molar-refractivity contribution >= 4 is 11.3 Å². The molecule has 2 nitrogen and oxygen atoms in total. The van der Waals surface area contributed by atoms with Gasteiger partial charge in [0.05, 0.1) is 6.61 Å². The molecule has 0 radical (unpaired) electrons. The number of hydrogen-bond acceptors (Lipinski definition) is 3. The molecule has 0 saturated carbocycles. The number of likely N-dealkylation sites (N-methyl/N-ethyl adjacent to an activating group) is 1. The molecular formula is C16H19NOS. The highest BCUT2D eigenvalue weighted by molar-refractivity contribution is 7.07. The fourth-order valence-corrected chi connectivity index (χ4v) is 3.38. The fourth-order valence-electron chi connectivity index (χ4n) is 2.70. The van der Waals surface area contributed by atoms with E-state index in [9.17, 15) is 0 Å². The molecule has 1 aromatic carbocycles. The fraction of sp³-hybridized carbons (Fsp3) is 0.375. The van der Waals surface area contributed by atoms with Crippen LogP contribution in [0.15, 0.2) is 35.0 Å². The SMILES string of the molecule is CCNC(Cc1ccsc1)c1cccc2c1OCC2. The number of benzene rings is 1. The minimum Gasteiger partial charge on any atom is -0.493 e. The van der Waals surface area contributed by atoms with Crippen molar-refractivity contribution in [3.05, 3.63) is 51.7 Å². The molecule has 3 rings (SSSR count). The van der Waals surface area contributed by atoms with Gasteiger partial charge < -0.3 is 10.1 Å². The monoisotopic (exact) mass is 273 g/mol. The van der Waals surface area contributed by atoms with Gasteiger partial charge in [0.25, 0.3) is 0 Å². The van der Waals surface area contributed by atoms with Crippen molar-refractivity contribution in [2.45, 2.75) is 25.8 Å². The first-order valence-electron chi connectivity index (χ1n) is 6.87. The summed E-state index contributed by atoms with van der Waals surface area (Å²) in [6.45, 7) is 3.95. The molecule has 1 atom stereocenters. The van der Waals surface area contributed by atoms with E-state index < -0.39 is 0 Å². The highest BCUT2D eigenvalue weighted by Crippen LogP contribution is 2.34. The molecular weight excluding hydrogens is 254 g/mol. The summed E-state index contributed by atoms with van der Waals surface area (Å²) in [5, 5.41) is 7.97. The number of hydrogen-bond donors (Lipinski definition) is 1. The zero-order valence-corrected chi connectivity index (χ0v) is 12.0. The van der Waals surface area contributed by atoms with E-state index in [-0.39, 0.29) is 0 Å². The summed E-state index contributed by atoms with van der Waals surface area (Å²) in [7, 11) is 0. The van der Waals surface area contributed by atoms with Crippen LogP contribution in [-0.2, 0) is 12.8 Å². The molecule has 0 aliphatic carbocycles. The Labute approximate surface area is 118 Å². The van der Waals surface area contributed by atoms with Gasteiger partial charge in [0.2, 0.25) is 0 Å². The number of nitrogens with one attached hydrogen (secondary N) is 1. The second-order valence-electron chi connectivity index (χ2n) is 4.88. The Morgan fingerprint density at radius 2 is 2.32 bits per heavy atom. The zero-order chi connectivity index (χ0) is 13.1. The second-order valence-corrected chi connectivity index (χ2v) is 5.66. The van der Waals surface area contributed by atoms with Crippen molar-refractivity contribution in [2.75, 3.05) is 13.2 Å². The van der Waals surface area contributed by atoms with Crippen LogP contribution in [0.25, 0.3) is 0 Å². The zero-order valence-electron chi connectivity index (χ0n) is 11.2. The van der Waals surface area contributed by atoms with Gasteiger partial charge in [0, 0.05) is 18.0 Å². The molecule has 100 valence electrons. The Morgan fingerprint density at radius 3 is 3.11 bits per heavy atom. The van der Waals surface area contributed by atoms with E-state index in [1.165, 1.54) is 16.7 Å². The molecule has 1 N–H and O–H groups in total. The molecule has 0 saturated heterocycles. The average molecular weight is 273 g/mol. The largest absolute Gasteiger partial charge is 0.493 e. The van der Waals surface area contributed by atoms with Gasteiger partial charge in [-0.15, -0.1) is 0 Å². The van der Waals surface area contributed by atoms with E-state index in [1.54, 1.807) is 11.3 Å². The highest BCUT2D eigenvalue weighted by Gasteiger charge is 2.21.